The van der Waals surface area contributed by atoms with E-state index in [0.29, 0.717) is 0 Å². The van der Waals surface area contributed by atoms with Gasteiger partial charge in [0.15, 0.2) is 6.10 Å². The second kappa shape index (κ2) is 12.4. The first-order valence-electron chi connectivity index (χ1n) is 20.9. The van der Waals surface area contributed by atoms with E-state index in [2.05, 4.69) is 208 Å². The lowest BCUT2D eigenvalue weighted by Gasteiger charge is -2.29. The van der Waals surface area contributed by atoms with Crippen LogP contribution in [0.25, 0.3) is 97.5 Å². The standard InChI is InChI=1S/C55H34N4OS/c1-2-15-33(16-3-1)57-46-26-12-8-22-42(46)56-55(57)39-29-30-48(58-43-23-9-4-17-34(43)35-18-5-10-24-44(35)58)54-52(39)38-21-14-27-47(53(38)60-54)59-45-25-11-6-19-36(45)40-32-51-41(31-49(40)59)37-20-7-13-28-50(37)61-51/h1-32,52,54H. The van der Waals surface area contributed by atoms with Crippen LogP contribution in [0.1, 0.15) is 17.3 Å². The Kier molecular flexibility index (Phi) is 6.76. The monoisotopic (exact) mass is 798 g/mol. The van der Waals surface area contributed by atoms with Crippen LogP contribution in [-0.4, -0.2) is 24.8 Å². The molecule has 8 aromatic carbocycles. The van der Waals surface area contributed by atoms with Crippen LogP contribution in [0.15, 0.2) is 194 Å². The number of rotatable bonds is 4. The molecule has 0 amide bonds. The van der Waals surface area contributed by atoms with Gasteiger partial charge in [-0.15, -0.1) is 11.3 Å². The number of fused-ring (bicyclic) bond motifs is 13. The maximum Gasteiger partial charge on any atom is 0.150 e. The number of ether oxygens (including phenoxy) is 1. The average Bonchev–Trinajstić information content (AvgIpc) is 4.13. The zero-order chi connectivity index (χ0) is 39.8. The number of para-hydroxylation sites is 7. The van der Waals surface area contributed by atoms with Gasteiger partial charge in [-0.3, -0.25) is 4.57 Å². The number of imidazole rings is 1. The van der Waals surface area contributed by atoms with Crippen molar-refractivity contribution in [1.29, 1.82) is 0 Å². The van der Waals surface area contributed by atoms with Crippen LogP contribution in [0, 0.1) is 0 Å². The highest BCUT2D eigenvalue weighted by molar-refractivity contribution is 7.25. The molecule has 14 rings (SSSR count). The molecule has 0 spiro atoms. The van der Waals surface area contributed by atoms with Gasteiger partial charge in [0.1, 0.15) is 11.6 Å². The molecule has 286 valence electrons. The molecule has 2 atom stereocenters. The van der Waals surface area contributed by atoms with Gasteiger partial charge in [0, 0.05) is 58.5 Å². The smallest absolute Gasteiger partial charge is 0.150 e. The van der Waals surface area contributed by atoms with Crippen LogP contribution in [0.5, 0.6) is 5.75 Å². The Labute approximate surface area is 353 Å². The van der Waals surface area contributed by atoms with Crippen molar-refractivity contribution in [2.24, 2.45) is 0 Å². The van der Waals surface area contributed by atoms with Crippen LogP contribution in [-0.2, 0) is 0 Å². The molecule has 0 saturated heterocycles. The van der Waals surface area contributed by atoms with Crippen molar-refractivity contribution in [2.45, 2.75) is 12.0 Å². The Morgan fingerprint density at radius 2 is 1.10 bits per heavy atom. The minimum atomic E-state index is -0.347. The van der Waals surface area contributed by atoms with Gasteiger partial charge in [0.05, 0.1) is 50.4 Å². The third-order valence-corrected chi connectivity index (χ3v) is 14.2. The minimum Gasteiger partial charge on any atom is -0.481 e. The summed E-state index contributed by atoms with van der Waals surface area (Å²) in [4.78, 5) is 5.44. The summed E-state index contributed by atoms with van der Waals surface area (Å²) >= 11 is 1.87. The highest BCUT2D eigenvalue weighted by Crippen LogP contribution is 2.55. The predicted octanol–water partition coefficient (Wildman–Crippen LogP) is 14.1. The number of benzene rings is 8. The van der Waals surface area contributed by atoms with Crippen LogP contribution >= 0.6 is 11.3 Å². The highest BCUT2D eigenvalue weighted by atomic mass is 32.1. The first-order valence-corrected chi connectivity index (χ1v) is 21.7. The Morgan fingerprint density at radius 3 is 1.87 bits per heavy atom. The Morgan fingerprint density at radius 1 is 0.459 bits per heavy atom. The van der Waals surface area contributed by atoms with Crippen molar-refractivity contribution >= 4 is 97.4 Å². The molecule has 0 bridgehead atoms. The molecule has 2 unspecified atom stereocenters. The average molecular weight is 799 g/mol. The van der Waals surface area contributed by atoms with Crippen LogP contribution in [0.2, 0.25) is 0 Å². The van der Waals surface area contributed by atoms with E-state index < -0.39 is 0 Å². The number of allylic oxidation sites excluding steroid dienone is 2. The summed E-state index contributed by atoms with van der Waals surface area (Å²) in [5.41, 5.74) is 12.2. The van der Waals surface area contributed by atoms with Crippen molar-refractivity contribution in [3.05, 3.63) is 206 Å². The Bertz CT molecular complexity index is 3820. The quantitative estimate of drug-likeness (QED) is 0.178. The van der Waals surface area contributed by atoms with Crippen molar-refractivity contribution < 1.29 is 4.74 Å². The molecule has 1 aliphatic heterocycles. The first-order chi connectivity index (χ1) is 30.3. The summed E-state index contributed by atoms with van der Waals surface area (Å²) in [6.07, 6.45) is 4.25. The molecule has 1 aliphatic carbocycles. The van der Waals surface area contributed by atoms with Crippen LogP contribution in [0.4, 0.5) is 0 Å². The number of hydrogen-bond acceptors (Lipinski definition) is 3. The van der Waals surface area contributed by atoms with Gasteiger partial charge in [-0.2, -0.15) is 0 Å². The van der Waals surface area contributed by atoms with Crippen molar-refractivity contribution in [3.8, 4) is 17.1 Å². The fourth-order valence-corrected chi connectivity index (χ4v) is 11.6. The molecule has 0 saturated carbocycles. The molecular weight excluding hydrogens is 765 g/mol. The second-order valence-corrected chi connectivity index (χ2v) is 17.3. The minimum absolute atomic E-state index is 0.158. The van der Waals surface area contributed by atoms with Gasteiger partial charge in [0.25, 0.3) is 0 Å². The normalized spacial score (nSPS) is 16.2. The molecule has 5 heterocycles. The Hall–Kier alpha value is -7.67. The Balaban J connectivity index is 1.06. The molecule has 2 aliphatic rings. The molecule has 4 aromatic heterocycles. The molecule has 61 heavy (non-hydrogen) atoms. The van der Waals surface area contributed by atoms with E-state index in [1.54, 1.807) is 0 Å². The topological polar surface area (TPSA) is 36.9 Å². The SMILES string of the molecule is C1=C(c2nc3ccccc3n2-c2ccccc2)C2c3cccc(-n4c5ccccc5c5cc6sc7ccccc7c6cc54)c3OC2C(n2c3ccccc3c3ccccc32)=C1. The van der Waals surface area contributed by atoms with E-state index in [9.17, 15) is 0 Å². The van der Waals surface area contributed by atoms with Gasteiger partial charge >= 0.3 is 0 Å². The molecule has 5 nitrogen and oxygen atoms in total. The number of aromatic nitrogens is 4. The molecule has 12 aromatic rings. The molecular formula is C55H34N4OS. The third kappa shape index (κ3) is 4.57. The van der Waals surface area contributed by atoms with Gasteiger partial charge in [0.2, 0.25) is 0 Å². The maximum atomic E-state index is 7.63. The van der Waals surface area contributed by atoms with E-state index >= 15 is 0 Å². The van der Waals surface area contributed by atoms with Gasteiger partial charge in [-0.25, -0.2) is 4.98 Å². The van der Waals surface area contributed by atoms with Crippen molar-refractivity contribution in [2.75, 3.05) is 0 Å². The zero-order valence-corrected chi connectivity index (χ0v) is 33.6. The molecule has 6 heteroatoms. The summed E-state index contributed by atoms with van der Waals surface area (Å²) in [5, 5.41) is 7.49. The van der Waals surface area contributed by atoms with E-state index in [4.69, 9.17) is 9.72 Å². The van der Waals surface area contributed by atoms with Gasteiger partial charge < -0.3 is 13.9 Å². The highest BCUT2D eigenvalue weighted by Gasteiger charge is 2.45. The number of hydrogen-bond donors (Lipinski definition) is 0. The summed E-state index contributed by atoms with van der Waals surface area (Å²) in [6.45, 7) is 0. The van der Waals surface area contributed by atoms with E-state index in [1.165, 1.54) is 47.2 Å². The lowest BCUT2D eigenvalue weighted by molar-refractivity contribution is 0.274. The first kappa shape index (κ1) is 33.2. The van der Waals surface area contributed by atoms with Crippen LogP contribution < -0.4 is 4.74 Å². The van der Waals surface area contributed by atoms with E-state index in [1.807, 2.05) is 11.3 Å². The molecule has 0 N–H and O–H groups in total. The van der Waals surface area contributed by atoms with Crippen LogP contribution in [0.3, 0.4) is 0 Å². The summed E-state index contributed by atoms with van der Waals surface area (Å²) < 4.78 is 17.4. The fourth-order valence-electron chi connectivity index (χ4n) is 10.5. The maximum absolute atomic E-state index is 7.63. The molecule has 0 radical (unpaired) electrons. The predicted molar refractivity (Wildman–Crippen MR) is 254 cm³/mol. The van der Waals surface area contributed by atoms with Crippen molar-refractivity contribution in [1.82, 2.24) is 18.7 Å². The summed E-state index contributed by atoms with van der Waals surface area (Å²) in [7, 11) is 0. The number of thiophene rings is 1. The largest absolute Gasteiger partial charge is 0.481 e. The number of nitrogens with zero attached hydrogens (tertiary/aromatic N) is 4. The third-order valence-electron chi connectivity index (χ3n) is 13.1. The fraction of sp³-hybridized carbons (Fsp3) is 0.0364. The lowest BCUT2D eigenvalue weighted by Crippen LogP contribution is -2.27. The molecule has 0 fully saturated rings. The van der Waals surface area contributed by atoms with Gasteiger partial charge in [-0.05, 0) is 72.8 Å². The van der Waals surface area contributed by atoms with E-state index in [0.717, 1.165) is 67.4 Å². The zero-order valence-electron chi connectivity index (χ0n) is 32.7. The van der Waals surface area contributed by atoms with Crippen molar-refractivity contribution in [3.63, 3.8) is 0 Å². The second-order valence-electron chi connectivity index (χ2n) is 16.2. The van der Waals surface area contributed by atoms with Gasteiger partial charge in [-0.1, -0.05) is 121 Å². The summed E-state index contributed by atoms with van der Waals surface area (Å²) in [6, 6.07) is 65.7. The lowest BCUT2D eigenvalue weighted by atomic mass is 9.82. The van der Waals surface area contributed by atoms with E-state index in [-0.39, 0.29) is 12.0 Å². The summed E-state index contributed by atoms with van der Waals surface area (Å²) in [5.74, 6) is 1.66.